The zero-order valence-electron chi connectivity index (χ0n) is 36.1. The molecular weight excluding hydrogens is 823 g/mol. The molecule has 6 aromatic carbocycles. The molecule has 0 fully saturated rings. The van der Waals surface area contributed by atoms with Crippen LogP contribution in [0.4, 0.5) is 0 Å². The molecule has 0 bridgehead atoms. The second kappa shape index (κ2) is 23.7. The van der Waals surface area contributed by atoms with Crippen LogP contribution in [-0.4, -0.2) is 4.21 Å². The molecule has 0 nitrogen and oxygen atoms in total. The van der Waals surface area contributed by atoms with E-state index in [2.05, 4.69) is 171 Å². The van der Waals surface area contributed by atoms with Crippen molar-refractivity contribution in [3.05, 3.63) is 202 Å². The van der Waals surface area contributed by atoms with Crippen molar-refractivity contribution in [3.8, 4) is 33.4 Å². The van der Waals surface area contributed by atoms with E-state index < -0.39 is 0 Å². The predicted molar refractivity (Wildman–Crippen MR) is 254 cm³/mol. The second-order valence-corrected chi connectivity index (χ2v) is 16.5. The van der Waals surface area contributed by atoms with Crippen LogP contribution >= 0.6 is 24.8 Å². The predicted octanol–water partition coefficient (Wildman–Crippen LogP) is 15.3. The van der Waals surface area contributed by atoms with Crippen molar-refractivity contribution in [1.82, 2.24) is 0 Å². The van der Waals surface area contributed by atoms with Gasteiger partial charge in [-0.3, -0.25) is 6.08 Å². The minimum atomic E-state index is 0. The van der Waals surface area contributed by atoms with Crippen LogP contribution in [-0.2, 0) is 41.5 Å². The van der Waals surface area contributed by atoms with Gasteiger partial charge in [-0.15, -0.1) is 60.1 Å². The zero-order chi connectivity index (χ0) is 40.9. The Bertz CT molecular complexity index is 2070. The van der Waals surface area contributed by atoms with Crippen molar-refractivity contribution in [1.29, 1.82) is 0 Å². The fourth-order valence-electron chi connectivity index (χ4n) is 6.86. The van der Waals surface area contributed by atoms with Gasteiger partial charge in [0.25, 0.3) is 0 Å². The van der Waals surface area contributed by atoms with Gasteiger partial charge in [0.15, 0.2) is 0 Å². The number of hydrogen-bond acceptors (Lipinski definition) is 0. The van der Waals surface area contributed by atoms with Crippen molar-refractivity contribution in [2.45, 2.75) is 92.9 Å². The molecule has 0 radical (unpaired) electrons. The first-order valence-electron chi connectivity index (χ1n) is 19.6. The summed E-state index contributed by atoms with van der Waals surface area (Å²) in [6.07, 6.45) is 10.9. The van der Waals surface area contributed by atoms with E-state index in [1.165, 1.54) is 102 Å². The average molecular weight is 883 g/mol. The van der Waals surface area contributed by atoms with Crippen molar-refractivity contribution in [2.75, 3.05) is 0 Å². The molecule has 6 aromatic rings. The molecule has 58 heavy (non-hydrogen) atoms. The monoisotopic (exact) mass is 880 g/mol. The number of rotatable bonds is 2. The SMILES string of the molecule is Cc1cc[c-]cc1.Cc1cc[c-]cc1.Cc1ccccc1-c1[c-]c2c(cc1C(C)(C)C)-c1cc(C(C)(C)C)c(-c3ccccc3C)cc1C2.Cl.Cl.[C-]1=CC=CC1.[CH2]=[Zr]. The Hall–Kier alpha value is -3.87. The molecule has 0 heterocycles. The average Bonchev–Trinajstić information content (AvgIpc) is 3.88. The third-order valence-corrected chi connectivity index (χ3v) is 9.88. The van der Waals surface area contributed by atoms with E-state index in [0.29, 0.717) is 0 Å². The molecule has 0 unspecified atom stereocenters. The van der Waals surface area contributed by atoms with Gasteiger partial charge in [0, 0.05) is 0 Å². The van der Waals surface area contributed by atoms with Crippen LogP contribution in [0.1, 0.15) is 92.5 Å². The number of fused-ring (bicyclic) bond motifs is 3. The van der Waals surface area contributed by atoms with E-state index in [1.807, 2.05) is 60.7 Å². The Morgan fingerprint density at radius 1 is 0.552 bits per heavy atom. The van der Waals surface area contributed by atoms with Gasteiger partial charge in [-0.25, -0.2) is 12.2 Å². The Labute approximate surface area is 379 Å². The van der Waals surface area contributed by atoms with E-state index >= 15 is 0 Å². The third-order valence-electron chi connectivity index (χ3n) is 9.88. The maximum atomic E-state index is 3.93. The molecule has 0 atom stereocenters. The van der Waals surface area contributed by atoms with Crippen molar-refractivity contribution in [2.24, 2.45) is 0 Å². The second-order valence-electron chi connectivity index (χ2n) is 16.5. The Morgan fingerprint density at radius 2 is 1.03 bits per heavy atom. The van der Waals surface area contributed by atoms with Gasteiger partial charge < -0.3 is 0 Å². The summed E-state index contributed by atoms with van der Waals surface area (Å²) in [6.45, 7) is 22.5. The number of aryl methyl sites for hydroxylation is 4. The molecule has 0 spiro atoms. The molecular formula is C55H60Cl2Zr-4. The van der Waals surface area contributed by atoms with Crippen molar-refractivity contribution in [3.63, 3.8) is 0 Å². The third kappa shape index (κ3) is 13.9. The molecule has 3 heteroatoms. The minimum absolute atomic E-state index is 0. The summed E-state index contributed by atoms with van der Waals surface area (Å²) in [5.41, 5.74) is 18.9. The molecule has 0 aliphatic heterocycles. The molecule has 0 aromatic heterocycles. The molecule has 0 amide bonds. The summed E-state index contributed by atoms with van der Waals surface area (Å²) in [7, 11) is 0. The summed E-state index contributed by atoms with van der Waals surface area (Å²) in [5, 5.41) is 0. The van der Waals surface area contributed by atoms with Crippen LogP contribution < -0.4 is 0 Å². The molecule has 0 saturated heterocycles. The summed E-state index contributed by atoms with van der Waals surface area (Å²) in [6, 6.07) is 50.5. The molecule has 302 valence electrons. The molecule has 0 saturated carbocycles. The molecule has 0 N–H and O–H groups in total. The van der Waals surface area contributed by atoms with E-state index in [1.54, 1.807) is 0 Å². The Kier molecular flexibility index (Phi) is 20.5. The van der Waals surface area contributed by atoms with Crippen LogP contribution in [0.25, 0.3) is 33.4 Å². The van der Waals surface area contributed by atoms with Crippen LogP contribution in [0.15, 0.2) is 133 Å². The maximum absolute atomic E-state index is 3.93. The fourth-order valence-corrected chi connectivity index (χ4v) is 6.86. The Balaban J connectivity index is 0.000000410. The van der Waals surface area contributed by atoms with E-state index in [-0.39, 0.29) is 35.6 Å². The van der Waals surface area contributed by atoms with E-state index in [4.69, 9.17) is 0 Å². The fraction of sp³-hybridized carbons (Fsp3) is 0.255. The summed E-state index contributed by atoms with van der Waals surface area (Å²) in [4.78, 5) is 0. The number of hydrogen-bond donors (Lipinski definition) is 0. The quantitative estimate of drug-likeness (QED) is 0.152. The molecule has 8 rings (SSSR count). The summed E-state index contributed by atoms with van der Waals surface area (Å²) in [5.74, 6) is 0. The van der Waals surface area contributed by atoms with Crippen molar-refractivity contribution >= 4 is 29.0 Å². The van der Waals surface area contributed by atoms with Gasteiger partial charge >= 0.3 is 28.4 Å². The molecule has 2 aliphatic carbocycles. The molecule has 2 aliphatic rings. The number of allylic oxidation sites excluding steroid dienone is 4. The normalized spacial score (nSPS) is 11.5. The zero-order valence-corrected chi connectivity index (χ0v) is 40.2. The first-order valence-corrected chi connectivity index (χ1v) is 21.3. The van der Waals surface area contributed by atoms with Gasteiger partial charge in [-0.2, -0.15) is 77.9 Å². The summed E-state index contributed by atoms with van der Waals surface area (Å²) >= 11 is 1.30. The first-order chi connectivity index (χ1) is 26.7. The van der Waals surface area contributed by atoms with E-state index in [9.17, 15) is 0 Å². The van der Waals surface area contributed by atoms with Crippen LogP contribution in [0.5, 0.6) is 0 Å². The van der Waals surface area contributed by atoms with Crippen LogP contribution in [0, 0.1) is 52.0 Å². The number of benzene rings is 6. The number of halogens is 2. The van der Waals surface area contributed by atoms with Crippen LogP contribution in [0.3, 0.4) is 0 Å². The Morgan fingerprint density at radius 3 is 1.43 bits per heavy atom. The summed E-state index contributed by atoms with van der Waals surface area (Å²) < 4.78 is 3.34. The van der Waals surface area contributed by atoms with Gasteiger partial charge in [0.2, 0.25) is 0 Å². The van der Waals surface area contributed by atoms with Gasteiger partial charge in [-0.1, -0.05) is 138 Å². The van der Waals surface area contributed by atoms with Gasteiger partial charge in [-0.05, 0) is 58.9 Å². The van der Waals surface area contributed by atoms with Crippen molar-refractivity contribution < 1.29 is 24.2 Å². The van der Waals surface area contributed by atoms with Gasteiger partial charge in [0.1, 0.15) is 0 Å². The topological polar surface area (TPSA) is 0 Å². The first kappa shape index (κ1) is 50.3. The van der Waals surface area contributed by atoms with Crippen LogP contribution in [0.2, 0.25) is 0 Å². The van der Waals surface area contributed by atoms with E-state index in [0.717, 1.165) is 12.8 Å². The van der Waals surface area contributed by atoms with Gasteiger partial charge in [0.05, 0.1) is 0 Å². The standard InChI is InChI=1S/C35H37.2C7H7.C5H5.CH2.2ClH.Zr/c1-22-13-9-11-15-26(22)30-18-24-17-25-19-31(27-16-12-10-14-23(27)2)33(35(6,7)8)21-29(25)28(24)20-32(30)34(3,4)5;2*1-7-5-3-2-4-6-7;1-2-4-5-3-1;;;;/h9-16,18,20-21H,17H2,1-8H3;2*3-6H,1H3;1-3H,4H2;1H2;2*1H;/q4*-1;;;;.